The van der Waals surface area contributed by atoms with Gasteiger partial charge in [-0.2, -0.15) is 5.10 Å². The zero-order valence-corrected chi connectivity index (χ0v) is 12.5. The fourth-order valence-corrected chi connectivity index (χ4v) is 2.15. The van der Waals surface area contributed by atoms with E-state index in [-0.39, 0.29) is 23.7 Å². The minimum absolute atomic E-state index is 0.118. The third kappa shape index (κ3) is 3.43. The maximum absolute atomic E-state index is 12.1. The highest BCUT2D eigenvalue weighted by Gasteiger charge is 2.11. The molecular formula is C16H13N5O3. The number of nitrogens with zero attached hydrogens (tertiary/aromatic N) is 4. The third-order valence-electron chi connectivity index (χ3n) is 3.32. The van der Waals surface area contributed by atoms with Gasteiger partial charge in [-0.05, 0) is 29.8 Å². The molecule has 0 saturated heterocycles. The van der Waals surface area contributed by atoms with Crippen LogP contribution in [-0.4, -0.2) is 25.6 Å². The van der Waals surface area contributed by atoms with Crippen molar-refractivity contribution in [3.63, 3.8) is 0 Å². The molecular weight excluding hydrogens is 310 g/mol. The lowest BCUT2D eigenvalue weighted by molar-refractivity contribution is -0.384. The summed E-state index contributed by atoms with van der Waals surface area (Å²) in [4.78, 5) is 26.6. The second-order valence-corrected chi connectivity index (χ2v) is 4.96. The minimum atomic E-state index is -0.532. The Labute approximate surface area is 136 Å². The largest absolute Gasteiger partial charge is 0.348 e. The van der Waals surface area contributed by atoms with Gasteiger partial charge in [-0.25, -0.2) is 9.67 Å². The van der Waals surface area contributed by atoms with Crippen molar-refractivity contribution in [3.05, 3.63) is 82.3 Å². The van der Waals surface area contributed by atoms with Crippen LogP contribution in [0.1, 0.15) is 15.9 Å². The molecule has 1 amide bonds. The second kappa shape index (κ2) is 6.69. The highest BCUT2D eigenvalue weighted by Crippen LogP contribution is 2.13. The van der Waals surface area contributed by atoms with Gasteiger partial charge in [-0.3, -0.25) is 14.9 Å². The standard InChI is InChI=1S/C16H13N5O3/c22-16(13-3-1-4-14(10-13)21(23)24)18-11-12-5-7-17-15(9-12)20-8-2-6-19-20/h1-10H,11H2,(H,18,22). The molecule has 0 fully saturated rings. The number of nitro benzene ring substituents is 1. The summed E-state index contributed by atoms with van der Waals surface area (Å²) >= 11 is 0. The monoisotopic (exact) mass is 323 g/mol. The molecule has 24 heavy (non-hydrogen) atoms. The van der Waals surface area contributed by atoms with Crippen molar-refractivity contribution in [1.29, 1.82) is 0 Å². The van der Waals surface area contributed by atoms with E-state index in [9.17, 15) is 14.9 Å². The first-order valence-corrected chi connectivity index (χ1v) is 7.11. The summed E-state index contributed by atoms with van der Waals surface area (Å²) < 4.78 is 1.62. The number of benzene rings is 1. The molecule has 0 radical (unpaired) electrons. The summed E-state index contributed by atoms with van der Waals surface area (Å²) in [6, 6.07) is 11.0. The van der Waals surface area contributed by atoms with Crippen LogP contribution in [-0.2, 0) is 6.54 Å². The lowest BCUT2D eigenvalue weighted by atomic mass is 10.2. The van der Waals surface area contributed by atoms with Crippen molar-refractivity contribution in [2.75, 3.05) is 0 Å². The van der Waals surface area contributed by atoms with Crippen molar-refractivity contribution in [2.45, 2.75) is 6.54 Å². The molecule has 8 heteroatoms. The van der Waals surface area contributed by atoms with E-state index in [1.54, 1.807) is 41.5 Å². The molecule has 0 unspecified atom stereocenters. The highest BCUT2D eigenvalue weighted by molar-refractivity contribution is 5.94. The summed E-state index contributed by atoms with van der Waals surface area (Å²) in [6.45, 7) is 0.276. The lowest BCUT2D eigenvalue weighted by Gasteiger charge is -2.07. The van der Waals surface area contributed by atoms with Crippen LogP contribution in [0.5, 0.6) is 0 Å². The maximum Gasteiger partial charge on any atom is 0.270 e. The van der Waals surface area contributed by atoms with Crippen LogP contribution in [0.3, 0.4) is 0 Å². The molecule has 3 rings (SSSR count). The van der Waals surface area contributed by atoms with Crippen molar-refractivity contribution in [3.8, 4) is 5.82 Å². The lowest BCUT2D eigenvalue weighted by Crippen LogP contribution is -2.23. The number of nitrogens with one attached hydrogen (secondary N) is 1. The Hall–Kier alpha value is -3.55. The molecule has 1 aromatic carbocycles. The molecule has 3 aromatic rings. The first kappa shape index (κ1) is 15.3. The smallest absolute Gasteiger partial charge is 0.270 e. The van der Waals surface area contributed by atoms with Crippen molar-refractivity contribution in [2.24, 2.45) is 0 Å². The van der Waals surface area contributed by atoms with Gasteiger partial charge in [-0.1, -0.05) is 6.07 Å². The van der Waals surface area contributed by atoms with Gasteiger partial charge in [-0.15, -0.1) is 0 Å². The van der Waals surface area contributed by atoms with E-state index in [0.717, 1.165) is 5.56 Å². The zero-order valence-electron chi connectivity index (χ0n) is 12.5. The Morgan fingerprint density at radius 1 is 1.21 bits per heavy atom. The normalized spacial score (nSPS) is 10.3. The average Bonchev–Trinajstić information content (AvgIpc) is 3.15. The van der Waals surface area contributed by atoms with Crippen LogP contribution in [0.2, 0.25) is 0 Å². The van der Waals surface area contributed by atoms with E-state index in [2.05, 4.69) is 15.4 Å². The summed E-state index contributed by atoms with van der Waals surface area (Å²) in [5, 5.41) is 17.6. The van der Waals surface area contributed by atoms with E-state index < -0.39 is 4.92 Å². The number of rotatable bonds is 5. The Balaban J connectivity index is 1.69. The van der Waals surface area contributed by atoms with Gasteiger partial charge in [0.15, 0.2) is 5.82 Å². The molecule has 0 aliphatic carbocycles. The summed E-state index contributed by atoms with van der Waals surface area (Å²) in [7, 11) is 0. The molecule has 1 N–H and O–H groups in total. The van der Waals surface area contributed by atoms with Crippen molar-refractivity contribution in [1.82, 2.24) is 20.1 Å². The van der Waals surface area contributed by atoms with E-state index in [1.165, 1.54) is 24.3 Å². The Morgan fingerprint density at radius 2 is 2.08 bits per heavy atom. The van der Waals surface area contributed by atoms with E-state index in [1.807, 2.05) is 0 Å². The number of carbonyl (C=O) groups excluding carboxylic acids is 1. The number of pyridine rings is 1. The van der Waals surface area contributed by atoms with Crippen LogP contribution in [0.25, 0.3) is 5.82 Å². The SMILES string of the molecule is O=C(NCc1ccnc(-n2cccn2)c1)c1cccc([N+](=O)[O-])c1. The maximum atomic E-state index is 12.1. The fraction of sp³-hybridized carbons (Fsp3) is 0.0625. The Kier molecular flexibility index (Phi) is 4.28. The number of hydrogen-bond donors (Lipinski definition) is 1. The third-order valence-corrected chi connectivity index (χ3v) is 3.32. The molecule has 0 bridgehead atoms. The second-order valence-electron chi connectivity index (χ2n) is 4.96. The molecule has 2 heterocycles. The number of non-ortho nitro benzene ring substituents is 1. The molecule has 120 valence electrons. The molecule has 0 aliphatic rings. The van der Waals surface area contributed by atoms with Crippen LogP contribution in [0, 0.1) is 10.1 Å². The van der Waals surface area contributed by atoms with E-state index >= 15 is 0 Å². The summed E-state index contributed by atoms with van der Waals surface area (Å²) in [6.07, 6.45) is 5.05. The zero-order chi connectivity index (χ0) is 16.9. The van der Waals surface area contributed by atoms with Gasteiger partial charge in [0.2, 0.25) is 0 Å². The molecule has 0 spiro atoms. The van der Waals surface area contributed by atoms with Gasteiger partial charge in [0.1, 0.15) is 0 Å². The van der Waals surface area contributed by atoms with Crippen molar-refractivity contribution >= 4 is 11.6 Å². The number of aromatic nitrogens is 3. The Morgan fingerprint density at radius 3 is 2.83 bits per heavy atom. The number of carbonyl (C=O) groups is 1. The first-order chi connectivity index (χ1) is 11.6. The topological polar surface area (TPSA) is 103 Å². The van der Waals surface area contributed by atoms with Gasteiger partial charge in [0.25, 0.3) is 11.6 Å². The number of hydrogen-bond acceptors (Lipinski definition) is 5. The average molecular weight is 323 g/mol. The minimum Gasteiger partial charge on any atom is -0.348 e. The van der Waals surface area contributed by atoms with Crippen LogP contribution in [0.4, 0.5) is 5.69 Å². The first-order valence-electron chi connectivity index (χ1n) is 7.11. The quantitative estimate of drug-likeness (QED) is 0.572. The predicted octanol–water partition coefficient (Wildman–Crippen LogP) is 2.11. The molecule has 0 saturated carbocycles. The van der Waals surface area contributed by atoms with E-state index in [0.29, 0.717) is 5.82 Å². The summed E-state index contributed by atoms with van der Waals surface area (Å²) in [5.74, 6) is 0.262. The van der Waals surface area contributed by atoms with Gasteiger partial charge in [0, 0.05) is 42.8 Å². The van der Waals surface area contributed by atoms with Crippen molar-refractivity contribution < 1.29 is 9.72 Å². The Bertz CT molecular complexity index is 877. The molecule has 0 aliphatic heterocycles. The molecule has 8 nitrogen and oxygen atoms in total. The van der Waals surface area contributed by atoms with Crippen LogP contribution < -0.4 is 5.32 Å². The fourth-order valence-electron chi connectivity index (χ4n) is 2.15. The van der Waals surface area contributed by atoms with Crippen LogP contribution in [0.15, 0.2) is 61.1 Å². The molecule has 2 aromatic heterocycles. The predicted molar refractivity (Wildman–Crippen MR) is 85.6 cm³/mol. The van der Waals surface area contributed by atoms with Gasteiger partial charge >= 0.3 is 0 Å². The van der Waals surface area contributed by atoms with Gasteiger partial charge in [0.05, 0.1) is 4.92 Å². The number of amides is 1. The highest BCUT2D eigenvalue weighted by atomic mass is 16.6. The van der Waals surface area contributed by atoms with E-state index in [4.69, 9.17) is 0 Å². The summed E-state index contributed by atoms with van der Waals surface area (Å²) in [5.41, 5.74) is 0.965. The molecule has 0 atom stereocenters. The number of nitro groups is 1. The van der Waals surface area contributed by atoms with Gasteiger partial charge < -0.3 is 5.32 Å². The van der Waals surface area contributed by atoms with Crippen LogP contribution >= 0.6 is 0 Å².